The summed E-state index contributed by atoms with van der Waals surface area (Å²) in [5.41, 5.74) is 2.47. The second-order valence-corrected chi connectivity index (χ2v) is 19.7. The van der Waals surface area contributed by atoms with Gasteiger partial charge in [-0.15, -0.1) is 0 Å². The van der Waals surface area contributed by atoms with E-state index in [4.69, 9.17) is 0 Å². The van der Waals surface area contributed by atoms with Crippen molar-refractivity contribution in [2.75, 3.05) is 13.1 Å². The highest BCUT2D eigenvalue weighted by atomic mass is 19.1. The lowest BCUT2D eigenvalue weighted by atomic mass is 9.91. The van der Waals surface area contributed by atoms with Crippen LogP contribution in [0.1, 0.15) is 168 Å². The number of benzene rings is 4. The third-order valence-corrected chi connectivity index (χ3v) is 10.9. The summed E-state index contributed by atoms with van der Waals surface area (Å²) in [7, 11) is 0. The Morgan fingerprint density at radius 2 is 1.00 bits per heavy atom. The number of nitrogens with zero attached hydrogens (tertiary/aromatic N) is 1. The maximum Gasteiger partial charge on any atom is 0.336 e. The van der Waals surface area contributed by atoms with Crippen molar-refractivity contribution in [1.29, 1.82) is 0 Å². The van der Waals surface area contributed by atoms with E-state index in [9.17, 15) is 42.7 Å². The van der Waals surface area contributed by atoms with Gasteiger partial charge in [0.15, 0.2) is 0 Å². The van der Waals surface area contributed by atoms with Crippen LogP contribution in [0.15, 0.2) is 77.9 Å². The van der Waals surface area contributed by atoms with Crippen LogP contribution < -0.4 is 26.6 Å². The van der Waals surface area contributed by atoms with E-state index < -0.39 is 29.4 Å². The lowest BCUT2D eigenvalue weighted by Crippen LogP contribution is -2.33. The van der Waals surface area contributed by atoms with Gasteiger partial charge in [0.05, 0.1) is 5.56 Å². The number of carbonyl (C=O) groups is 6. The molecule has 4 aromatic rings. The van der Waals surface area contributed by atoms with Gasteiger partial charge in [0.2, 0.25) is 0 Å². The molecule has 6 rings (SSSR count). The molecule has 0 saturated heterocycles. The van der Waals surface area contributed by atoms with E-state index >= 15 is 0 Å². The summed E-state index contributed by atoms with van der Waals surface area (Å²) >= 11 is 0. The van der Waals surface area contributed by atoms with Crippen LogP contribution in [0, 0.1) is 36.3 Å². The molecule has 13 nitrogen and oxygen atoms in total. The van der Waals surface area contributed by atoms with Gasteiger partial charge in [0.25, 0.3) is 29.5 Å². The molecule has 0 spiro atoms. The molecule has 2 fully saturated rings. The van der Waals surface area contributed by atoms with Crippen LogP contribution in [0.4, 0.5) is 8.78 Å². The van der Waals surface area contributed by atoms with Crippen molar-refractivity contribution >= 4 is 41.3 Å². The van der Waals surface area contributed by atoms with E-state index in [1.807, 2.05) is 55.4 Å². The largest absolute Gasteiger partial charge is 0.478 e. The maximum atomic E-state index is 15.0. The maximum absolute atomic E-state index is 15.0. The Bertz CT molecular complexity index is 2690. The number of carboxylic acids is 1. The fourth-order valence-corrected chi connectivity index (χ4v) is 6.72. The number of aromatic carboxylic acids is 1. The summed E-state index contributed by atoms with van der Waals surface area (Å²) in [5, 5.41) is 23.8. The summed E-state index contributed by atoms with van der Waals surface area (Å²) in [4.78, 5) is 79.9. The first-order valence-electron chi connectivity index (χ1n) is 23.6. The zero-order valence-electron chi connectivity index (χ0n) is 42.4. The van der Waals surface area contributed by atoms with Crippen LogP contribution in [0.5, 0.6) is 0 Å². The molecule has 4 aromatic carbocycles. The Kier molecular flexibility index (Phi) is 19.1. The van der Waals surface area contributed by atoms with Crippen LogP contribution in [-0.2, 0) is 0 Å². The lowest BCUT2D eigenvalue weighted by Gasteiger charge is -2.19. The minimum atomic E-state index is -1.24. The molecular weight excluding hydrogens is 895 g/mol. The number of amides is 5. The smallest absolute Gasteiger partial charge is 0.336 e. The number of carbonyl (C=O) groups excluding carboxylic acids is 5. The van der Waals surface area contributed by atoms with E-state index in [-0.39, 0.29) is 79.6 Å². The van der Waals surface area contributed by atoms with E-state index in [1.54, 1.807) is 51.2 Å². The van der Waals surface area contributed by atoms with E-state index in [0.717, 1.165) is 31.7 Å². The number of aliphatic imine (C=N–C) groups is 1. The highest BCUT2D eigenvalue weighted by Gasteiger charge is 2.28. The topological polar surface area (TPSA) is 195 Å². The summed E-state index contributed by atoms with van der Waals surface area (Å²) in [6.45, 7) is 23.4. The number of rotatable bonds is 13. The van der Waals surface area contributed by atoms with E-state index in [1.165, 1.54) is 43.3 Å². The number of halogens is 2. The Morgan fingerprint density at radius 1 is 0.600 bits per heavy atom. The van der Waals surface area contributed by atoms with Crippen LogP contribution >= 0.6 is 0 Å². The predicted molar refractivity (Wildman–Crippen MR) is 271 cm³/mol. The SMILES string of the molecule is C/C=C\N=C(C)NC(=O)c1cc(C(=O)NCC(C)(C)C)ccc1-c1cc(C(=O)NC2CC2)cc(F)c1C.CC.Cc1c(F)cc(C(=O)NC2CC2)cc1-c1ccc(C(=O)NCC(C)(C)C)cc1C(=O)O. The zero-order valence-corrected chi connectivity index (χ0v) is 42.4. The summed E-state index contributed by atoms with van der Waals surface area (Å²) in [5.74, 6) is -3.99. The molecule has 2 saturated carbocycles. The molecule has 0 unspecified atom stereocenters. The van der Waals surface area contributed by atoms with Gasteiger partial charge < -0.3 is 31.7 Å². The fraction of sp³-hybridized carbons (Fsp3) is 0.400. The van der Waals surface area contributed by atoms with Crippen molar-refractivity contribution in [3.63, 3.8) is 0 Å². The standard InChI is InChI=1S/C29H35FN4O3.C24H27FN2O4.C2H6/c1-7-12-31-18(3)33-28(37)24-13-19(26(35)32-16-29(4,5)6)8-11-22(24)23-14-20(15-25(30)17(23)2)27(36)34-21-9-10-21;1-13-18(10-15(11-20(13)25)22(29)27-16-6-7-16)17-8-5-14(9-19(17)23(30)31)21(28)26-12-24(2,3)4;1-2/h7-8,11-15,21H,9-10,16H2,1-6H3,(H,32,35)(H,34,36)(H,31,33,37);5,8-11,16H,6-7,12H2,1-4H3,(H,26,28)(H,27,29)(H,30,31);1-2H3/b12-7-;;. The van der Waals surface area contributed by atoms with E-state index in [0.29, 0.717) is 46.7 Å². The molecule has 0 aromatic heterocycles. The minimum Gasteiger partial charge on any atom is -0.478 e. The second-order valence-electron chi connectivity index (χ2n) is 19.7. The molecule has 374 valence electrons. The lowest BCUT2D eigenvalue weighted by molar-refractivity contribution is 0.0696. The molecule has 2 aliphatic carbocycles. The number of allylic oxidation sites excluding steroid dienone is 1. The van der Waals surface area contributed by atoms with Gasteiger partial charge in [0, 0.05) is 59.2 Å². The summed E-state index contributed by atoms with van der Waals surface area (Å²) < 4.78 is 29.6. The normalized spacial score (nSPS) is 13.5. The van der Waals surface area contributed by atoms with Crippen molar-refractivity contribution in [3.05, 3.63) is 129 Å². The second kappa shape index (κ2) is 24.0. The van der Waals surface area contributed by atoms with Gasteiger partial charge in [-0.25, -0.2) is 18.6 Å². The Morgan fingerprint density at radius 3 is 1.37 bits per heavy atom. The average Bonchev–Trinajstić information content (AvgIpc) is 4.26. The van der Waals surface area contributed by atoms with Crippen LogP contribution in [-0.4, -0.2) is 71.6 Å². The predicted octanol–water partition coefficient (Wildman–Crippen LogP) is 10.3. The molecule has 6 N–H and O–H groups in total. The zero-order chi connectivity index (χ0) is 52.2. The molecular formula is C55H68F2N6O7. The number of amidine groups is 1. The molecule has 0 atom stereocenters. The van der Waals surface area contributed by atoms with Crippen molar-refractivity contribution < 1.29 is 42.7 Å². The number of hydrogen-bond acceptors (Lipinski definition) is 7. The molecule has 5 amide bonds. The number of carboxylic acid groups (broad SMARTS) is 1. The number of hydrogen-bond donors (Lipinski definition) is 6. The van der Waals surface area contributed by atoms with E-state index in [2.05, 4.69) is 31.6 Å². The Hall–Kier alpha value is -7.03. The Labute approximate surface area is 410 Å². The van der Waals surface area contributed by atoms with Gasteiger partial charge in [-0.3, -0.25) is 24.0 Å². The monoisotopic (exact) mass is 963 g/mol. The van der Waals surface area contributed by atoms with Gasteiger partial charge in [0.1, 0.15) is 17.5 Å². The third kappa shape index (κ3) is 16.0. The Balaban J connectivity index is 0.000000298. The molecule has 0 radical (unpaired) electrons. The first-order chi connectivity index (χ1) is 32.8. The molecule has 0 bridgehead atoms. The number of nitrogens with one attached hydrogen (secondary N) is 5. The van der Waals surface area contributed by atoms with Crippen LogP contribution in [0.3, 0.4) is 0 Å². The third-order valence-electron chi connectivity index (χ3n) is 10.9. The average molecular weight is 963 g/mol. The minimum absolute atomic E-state index is 0.112. The highest BCUT2D eigenvalue weighted by molar-refractivity contribution is 6.11. The van der Waals surface area contributed by atoms with Gasteiger partial charge in [-0.05, 0) is 146 Å². The first-order valence-corrected chi connectivity index (χ1v) is 23.6. The van der Waals surface area contributed by atoms with Crippen molar-refractivity contribution in [2.45, 2.75) is 121 Å². The van der Waals surface area contributed by atoms with Crippen molar-refractivity contribution in [3.8, 4) is 22.3 Å². The van der Waals surface area contributed by atoms with Crippen LogP contribution in [0.2, 0.25) is 0 Å². The van der Waals surface area contributed by atoms with Gasteiger partial charge in [-0.1, -0.05) is 73.6 Å². The fourth-order valence-electron chi connectivity index (χ4n) is 6.72. The molecule has 0 aliphatic heterocycles. The summed E-state index contributed by atoms with van der Waals surface area (Å²) in [6, 6.07) is 14.6. The van der Waals surface area contributed by atoms with Crippen LogP contribution in [0.25, 0.3) is 22.3 Å². The van der Waals surface area contributed by atoms with Crippen molar-refractivity contribution in [2.24, 2.45) is 15.8 Å². The summed E-state index contributed by atoms with van der Waals surface area (Å²) in [6.07, 6.45) is 6.89. The molecule has 2 aliphatic rings. The molecule has 0 heterocycles. The van der Waals surface area contributed by atoms with Gasteiger partial charge in [-0.2, -0.15) is 0 Å². The molecule has 15 heteroatoms. The first kappa shape index (κ1) is 55.6. The molecule has 70 heavy (non-hydrogen) atoms. The van der Waals surface area contributed by atoms with Crippen molar-refractivity contribution in [1.82, 2.24) is 26.6 Å². The quantitative estimate of drug-likeness (QED) is 0.0566. The highest BCUT2D eigenvalue weighted by Crippen LogP contribution is 2.33. The van der Waals surface area contributed by atoms with Gasteiger partial charge >= 0.3 is 5.97 Å².